The second kappa shape index (κ2) is 3.81. The van der Waals surface area contributed by atoms with Crippen LogP contribution in [-0.4, -0.2) is 17.9 Å². The largest absolute Gasteiger partial charge is 0.505 e. The van der Waals surface area contributed by atoms with Crippen LogP contribution < -0.4 is 0 Å². The van der Waals surface area contributed by atoms with Crippen LogP contribution in [0.2, 0.25) is 0 Å². The molecule has 0 spiro atoms. The molecule has 0 aromatic heterocycles. The van der Waals surface area contributed by atoms with Crippen LogP contribution in [0.15, 0.2) is 24.3 Å². The van der Waals surface area contributed by atoms with Crippen LogP contribution in [0.1, 0.15) is 6.42 Å². The average Bonchev–Trinajstić information content (AvgIpc) is 2.03. The van der Waals surface area contributed by atoms with Crippen molar-refractivity contribution in [1.82, 2.24) is 0 Å². The zero-order valence-electron chi connectivity index (χ0n) is 6.06. The lowest BCUT2D eigenvalue weighted by Crippen LogP contribution is -2.11. The quantitative estimate of drug-likeness (QED) is 0.617. The van der Waals surface area contributed by atoms with Crippen molar-refractivity contribution in [2.45, 2.75) is 6.42 Å². The van der Waals surface area contributed by atoms with Crippen LogP contribution in [-0.2, 0) is 4.74 Å². The predicted molar refractivity (Wildman–Crippen MR) is 40.4 cm³/mol. The van der Waals surface area contributed by atoms with Gasteiger partial charge in [0.15, 0.2) is 0 Å². The molecule has 1 unspecified atom stereocenters. The molecule has 0 saturated carbocycles. The van der Waals surface area contributed by atoms with Gasteiger partial charge in [-0.1, -0.05) is 24.3 Å². The minimum Gasteiger partial charge on any atom is -0.450 e. The fourth-order valence-electron chi connectivity index (χ4n) is 0.934. The molecule has 1 rings (SSSR count). The van der Waals surface area contributed by atoms with E-state index in [0.717, 1.165) is 6.42 Å². The van der Waals surface area contributed by atoms with Gasteiger partial charge in [-0.15, -0.1) is 0 Å². The molecule has 0 aromatic rings. The molecule has 3 heteroatoms. The molecule has 0 bridgehead atoms. The van der Waals surface area contributed by atoms with E-state index in [1.807, 2.05) is 24.3 Å². The smallest absolute Gasteiger partial charge is 0.450 e. The van der Waals surface area contributed by atoms with E-state index in [1.165, 1.54) is 0 Å². The number of hydrogen-bond acceptors (Lipinski definition) is 2. The summed E-state index contributed by atoms with van der Waals surface area (Å²) in [5, 5.41) is 8.18. The summed E-state index contributed by atoms with van der Waals surface area (Å²) in [7, 11) is 0. The number of rotatable bonds is 2. The Labute approximate surface area is 65.0 Å². The highest BCUT2D eigenvalue weighted by Gasteiger charge is 2.07. The topological polar surface area (TPSA) is 46.5 Å². The van der Waals surface area contributed by atoms with E-state index < -0.39 is 6.16 Å². The molecule has 0 radical (unpaired) electrons. The maximum atomic E-state index is 9.98. The molecule has 1 aliphatic carbocycles. The van der Waals surface area contributed by atoms with Crippen LogP contribution >= 0.6 is 0 Å². The molecule has 1 N–H and O–H groups in total. The van der Waals surface area contributed by atoms with Gasteiger partial charge in [0.2, 0.25) is 0 Å². The van der Waals surface area contributed by atoms with Gasteiger partial charge in [-0.25, -0.2) is 4.79 Å². The van der Waals surface area contributed by atoms with Crippen molar-refractivity contribution in [1.29, 1.82) is 0 Å². The lowest BCUT2D eigenvalue weighted by atomic mass is 10.0. The van der Waals surface area contributed by atoms with Crippen molar-refractivity contribution in [2.24, 2.45) is 5.92 Å². The maximum Gasteiger partial charge on any atom is 0.505 e. The van der Waals surface area contributed by atoms with Crippen molar-refractivity contribution in [3.63, 3.8) is 0 Å². The molecule has 0 aliphatic heterocycles. The van der Waals surface area contributed by atoms with E-state index in [0.29, 0.717) is 0 Å². The molecule has 11 heavy (non-hydrogen) atoms. The van der Waals surface area contributed by atoms with Gasteiger partial charge in [0.25, 0.3) is 0 Å². The van der Waals surface area contributed by atoms with Crippen molar-refractivity contribution < 1.29 is 14.6 Å². The molecule has 1 aliphatic rings. The number of allylic oxidation sites excluding steroid dienone is 3. The Morgan fingerprint density at radius 1 is 1.64 bits per heavy atom. The van der Waals surface area contributed by atoms with Crippen LogP contribution in [0.25, 0.3) is 0 Å². The monoisotopic (exact) mass is 154 g/mol. The molecule has 0 fully saturated rings. The van der Waals surface area contributed by atoms with Crippen molar-refractivity contribution in [3.8, 4) is 0 Å². The fraction of sp³-hybridized carbons (Fsp3) is 0.375. The highest BCUT2D eigenvalue weighted by atomic mass is 16.7. The summed E-state index contributed by atoms with van der Waals surface area (Å²) in [6.07, 6.45) is 7.45. The van der Waals surface area contributed by atoms with E-state index in [4.69, 9.17) is 5.11 Å². The normalized spacial score (nSPS) is 21.6. The summed E-state index contributed by atoms with van der Waals surface area (Å²) >= 11 is 0. The Bertz CT molecular complexity index is 194. The first-order valence-corrected chi connectivity index (χ1v) is 3.48. The standard InChI is InChI=1S/C8H10O3/c9-8(10)11-6-7-4-2-1-3-5-7/h1-4,7H,5-6H2,(H,9,10). The van der Waals surface area contributed by atoms with Crippen molar-refractivity contribution >= 4 is 6.16 Å². The van der Waals surface area contributed by atoms with Crippen LogP contribution in [0.3, 0.4) is 0 Å². The summed E-state index contributed by atoms with van der Waals surface area (Å²) in [5.41, 5.74) is 0. The Morgan fingerprint density at radius 2 is 2.45 bits per heavy atom. The molecule has 0 heterocycles. The lowest BCUT2D eigenvalue weighted by Gasteiger charge is -2.10. The Kier molecular flexibility index (Phi) is 2.72. The highest BCUT2D eigenvalue weighted by Crippen LogP contribution is 2.11. The summed E-state index contributed by atoms with van der Waals surface area (Å²) in [6.45, 7) is 0.260. The first-order chi connectivity index (χ1) is 5.29. The van der Waals surface area contributed by atoms with Gasteiger partial charge in [0.1, 0.15) is 6.61 Å². The first-order valence-electron chi connectivity index (χ1n) is 3.48. The number of hydrogen-bond donors (Lipinski definition) is 1. The zero-order chi connectivity index (χ0) is 8.10. The Hall–Kier alpha value is -1.25. The van der Waals surface area contributed by atoms with Gasteiger partial charge < -0.3 is 9.84 Å². The number of carbonyl (C=O) groups is 1. The molecular weight excluding hydrogens is 144 g/mol. The molecule has 60 valence electrons. The fourth-order valence-corrected chi connectivity index (χ4v) is 0.934. The third-order valence-corrected chi connectivity index (χ3v) is 1.49. The van der Waals surface area contributed by atoms with Gasteiger partial charge in [0, 0.05) is 5.92 Å². The molecule has 0 aromatic carbocycles. The average molecular weight is 154 g/mol. The van der Waals surface area contributed by atoms with Crippen LogP contribution in [0.5, 0.6) is 0 Å². The lowest BCUT2D eigenvalue weighted by molar-refractivity contribution is 0.0828. The minimum atomic E-state index is -1.20. The zero-order valence-corrected chi connectivity index (χ0v) is 6.06. The van der Waals surface area contributed by atoms with Crippen LogP contribution in [0, 0.1) is 5.92 Å². The second-order valence-corrected chi connectivity index (χ2v) is 2.39. The summed E-state index contributed by atoms with van der Waals surface area (Å²) < 4.78 is 4.41. The van der Waals surface area contributed by atoms with E-state index in [-0.39, 0.29) is 12.5 Å². The molecule has 3 nitrogen and oxygen atoms in total. The van der Waals surface area contributed by atoms with Gasteiger partial charge in [-0.2, -0.15) is 0 Å². The SMILES string of the molecule is O=C(O)OCC1C=CC=CC1. The number of carboxylic acid groups (broad SMARTS) is 1. The van der Waals surface area contributed by atoms with E-state index >= 15 is 0 Å². The second-order valence-electron chi connectivity index (χ2n) is 2.39. The molecule has 0 amide bonds. The maximum absolute atomic E-state index is 9.98. The summed E-state index contributed by atoms with van der Waals surface area (Å²) in [5.74, 6) is 0.219. The molecule has 1 atom stereocenters. The third-order valence-electron chi connectivity index (χ3n) is 1.49. The van der Waals surface area contributed by atoms with Crippen molar-refractivity contribution in [2.75, 3.05) is 6.61 Å². The van der Waals surface area contributed by atoms with Gasteiger partial charge in [-0.3, -0.25) is 0 Å². The highest BCUT2D eigenvalue weighted by molar-refractivity contribution is 5.56. The van der Waals surface area contributed by atoms with Gasteiger partial charge in [0.05, 0.1) is 0 Å². The minimum absolute atomic E-state index is 0.219. The predicted octanol–water partition coefficient (Wildman–Crippen LogP) is 1.81. The van der Waals surface area contributed by atoms with E-state index in [1.54, 1.807) is 0 Å². The first kappa shape index (κ1) is 7.85. The summed E-state index contributed by atoms with van der Waals surface area (Å²) in [6, 6.07) is 0. The van der Waals surface area contributed by atoms with Crippen LogP contribution in [0.4, 0.5) is 4.79 Å². The molecule has 0 saturated heterocycles. The Morgan fingerprint density at radius 3 is 3.00 bits per heavy atom. The van der Waals surface area contributed by atoms with Gasteiger partial charge >= 0.3 is 6.16 Å². The van der Waals surface area contributed by atoms with E-state index in [2.05, 4.69) is 4.74 Å². The van der Waals surface area contributed by atoms with E-state index in [9.17, 15) is 4.79 Å². The number of ether oxygens (including phenoxy) is 1. The van der Waals surface area contributed by atoms with Crippen molar-refractivity contribution in [3.05, 3.63) is 24.3 Å². The molecular formula is C8H10O3. The Balaban J connectivity index is 2.22. The summed E-state index contributed by atoms with van der Waals surface area (Å²) in [4.78, 5) is 9.98. The van der Waals surface area contributed by atoms with Gasteiger partial charge in [-0.05, 0) is 6.42 Å². The third kappa shape index (κ3) is 2.89.